The lowest BCUT2D eigenvalue weighted by Gasteiger charge is -2.12. The third-order valence-corrected chi connectivity index (χ3v) is 2.06. The van der Waals surface area contributed by atoms with Crippen molar-refractivity contribution >= 4 is 6.09 Å². The lowest BCUT2D eigenvalue weighted by atomic mass is 10.1. The van der Waals surface area contributed by atoms with Crippen LogP contribution in [0.1, 0.15) is 11.7 Å². The maximum atomic E-state index is 11.1. The number of hydrogen-bond donors (Lipinski definition) is 2. The van der Waals surface area contributed by atoms with Crippen LogP contribution in [0.15, 0.2) is 35.5 Å². The first-order valence-corrected chi connectivity index (χ1v) is 5.03. The summed E-state index contributed by atoms with van der Waals surface area (Å²) >= 11 is 0. The van der Waals surface area contributed by atoms with E-state index in [4.69, 9.17) is 14.9 Å². The van der Waals surface area contributed by atoms with Gasteiger partial charge in [0.25, 0.3) is 0 Å². The van der Waals surface area contributed by atoms with Crippen molar-refractivity contribution in [2.24, 2.45) is 5.73 Å². The molecule has 0 aliphatic carbocycles. The lowest BCUT2D eigenvalue weighted by Crippen LogP contribution is -2.31. The third-order valence-electron chi connectivity index (χ3n) is 2.06. The minimum Gasteiger partial charge on any atom is -0.469 e. The first-order valence-electron chi connectivity index (χ1n) is 5.03. The summed E-state index contributed by atoms with van der Waals surface area (Å²) in [5, 5.41) is 2.61. The minimum atomic E-state index is -0.482. The molecule has 5 heteroatoms. The highest BCUT2D eigenvalue weighted by Gasteiger charge is 2.13. The summed E-state index contributed by atoms with van der Waals surface area (Å²) in [7, 11) is 0. The second kappa shape index (κ2) is 6.68. The first-order chi connectivity index (χ1) is 7.77. The van der Waals surface area contributed by atoms with Crippen molar-refractivity contribution in [1.29, 1.82) is 0 Å². The molecule has 0 spiro atoms. The monoisotopic (exact) mass is 224 g/mol. The number of nitrogens with two attached hydrogens (primary N) is 1. The van der Waals surface area contributed by atoms with Gasteiger partial charge in [-0.3, -0.25) is 0 Å². The van der Waals surface area contributed by atoms with Crippen molar-refractivity contribution in [3.8, 4) is 0 Å². The van der Waals surface area contributed by atoms with E-state index in [9.17, 15) is 4.79 Å². The summed E-state index contributed by atoms with van der Waals surface area (Å²) < 4.78 is 9.98. The van der Waals surface area contributed by atoms with Gasteiger partial charge in [0, 0.05) is 19.0 Å². The highest BCUT2D eigenvalue weighted by atomic mass is 16.5. The van der Waals surface area contributed by atoms with E-state index >= 15 is 0 Å². The van der Waals surface area contributed by atoms with Crippen LogP contribution < -0.4 is 11.1 Å². The zero-order valence-corrected chi connectivity index (χ0v) is 9.02. The highest BCUT2D eigenvalue weighted by Crippen LogP contribution is 2.13. The molecular weight excluding hydrogens is 208 g/mol. The Morgan fingerprint density at radius 1 is 1.75 bits per heavy atom. The van der Waals surface area contributed by atoms with Crippen molar-refractivity contribution < 1.29 is 13.9 Å². The first kappa shape index (κ1) is 12.3. The predicted molar refractivity (Wildman–Crippen MR) is 60.1 cm³/mol. The van der Waals surface area contributed by atoms with Crippen molar-refractivity contribution in [3.05, 3.63) is 36.8 Å². The van der Waals surface area contributed by atoms with Gasteiger partial charge < -0.3 is 20.2 Å². The Hall–Kier alpha value is -1.75. The normalized spacial score (nSPS) is 11.8. The van der Waals surface area contributed by atoms with Gasteiger partial charge in [-0.1, -0.05) is 12.7 Å². The molecule has 1 aromatic heterocycles. The zero-order chi connectivity index (χ0) is 11.8. The molecule has 0 saturated heterocycles. The fourth-order valence-corrected chi connectivity index (χ4v) is 1.22. The van der Waals surface area contributed by atoms with Crippen LogP contribution in [0.2, 0.25) is 0 Å². The molecule has 0 aromatic carbocycles. The molecule has 1 rings (SSSR count). The number of furan rings is 1. The van der Waals surface area contributed by atoms with E-state index < -0.39 is 6.09 Å². The maximum absolute atomic E-state index is 11.1. The SMILES string of the molecule is C=CCOC(=O)NC[C@@H](CN)c1ccco1. The van der Waals surface area contributed by atoms with E-state index in [1.807, 2.05) is 6.07 Å². The molecule has 0 saturated carbocycles. The molecule has 0 unspecified atom stereocenters. The Labute approximate surface area is 94.3 Å². The Bertz CT molecular complexity index is 322. The average Bonchev–Trinajstić information content (AvgIpc) is 2.81. The van der Waals surface area contributed by atoms with E-state index in [2.05, 4.69) is 11.9 Å². The van der Waals surface area contributed by atoms with Crippen LogP contribution >= 0.6 is 0 Å². The number of alkyl carbamates (subject to hydrolysis) is 1. The summed E-state index contributed by atoms with van der Waals surface area (Å²) in [6.07, 6.45) is 2.60. The zero-order valence-electron chi connectivity index (χ0n) is 9.02. The maximum Gasteiger partial charge on any atom is 0.407 e. The van der Waals surface area contributed by atoms with Crippen LogP contribution in [0.4, 0.5) is 4.79 Å². The van der Waals surface area contributed by atoms with Crippen LogP contribution in [0.25, 0.3) is 0 Å². The van der Waals surface area contributed by atoms with Gasteiger partial charge in [-0.05, 0) is 12.1 Å². The molecule has 3 N–H and O–H groups in total. The third kappa shape index (κ3) is 3.78. The second-order valence-corrected chi connectivity index (χ2v) is 3.22. The summed E-state index contributed by atoms with van der Waals surface area (Å²) in [5.41, 5.74) is 5.58. The number of amides is 1. The highest BCUT2D eigenvalue weighted by molar-refractivity contribution is 5.67. The van der Waals surface area contributed by atoms with Crippen molar-refractivity contribution in [2.75, 3.05) is 19.7 Å². The van der Waals surface area contributed by atoms with E-state index in [0.29, 0.717) is 13.1 Å². The van der Waals surface area contributed by atoms with Crippen molar-refractivity contribution in [3.63, 3.8) is 0 Å². The molecular formula is C11H16N2O3. The molecule has 1 aromatic rings. The van der Waals surface area contributed by atoms with Crippen LogP contribution in [0, 0.1) is 0 Å². The van der Waals surface area contributed by atoms with Crippen molar-refractivity contribution in [2.45, 2.75) is 5.92 Å². The van der Waals surface area contributed by atoms with Gasteiger partial charge in [-0.2, -0.15) is 0 Å². The van der Waals surface area contributed by atoms with Crippen LogP contribution in [0.5, 0.6) is 0 Å². The number of carbonyl (C=O) groups excluding carboxylic acids is 1. The lowest BCUT2D eigenvalue weighted by molar-refractivity contribution is 0.157. The van der Waals surface area contributed by atoms with Gasteiger partial charge in [0.05, 0.1) is 6.26 Å². The topological polar surface area (TPSA) is 77.5 Å². The average molecular weight is 224 g/mol. The Balaban J connectivity index is 2.34. The molecule has 0 radical (unpaired) electrons. The van der Waals surface area contributed by atoms with Gasteiger partial charge in [0.1, 0.15) is 12.4 Å². The van der Waals surface area contributed by atoms with Crippen LogP contribution in [-0.2, 0) is 4.74 Å². The van der Waals surface area contributed by atoms with Crippen LogP contribution in [0.3, 0.4) is 0 Å². The fraction of sp³-hybridized carbons (Fsp3) is 0.364. The Morgan fingerprint density at radius 2 is 2.56 bits per heavy atom. The summed E-state index contributed by atoms with van der Waals surface area (Å²) in [6, 6.07) is 3.61. The summed E-state index contributed by atoms with van der Waals surface area (Å²) in [6.45, 7) is 4.43. The van der Waals surface area contributed by atoms with E-state index in [1.54, 1.807) is 12.3 Å². The summed E-state index contributed by atoms with van der Waals surface area (Å²) in [5.74, 6) is 0.720. The number of hydrogen-bond acceptors (Lipinski definition) is 4. The molecule has 1 heterocycles. The molecule has 1 amide bonds. The van der Waals surface area contributed by atoms with Crippen LogP contribution in [-0.4, -0.2) is 25.8 Å². The van der Waals surface area contributed by atoms with Gasteiger partial charge in [-0.15, -0.1) is 0 Å². The molecule has 88 valence electrons. The molecule has 0 aliphatic rings. The molecule has 0 bridgehead atoms. The quantitative estimate of drug-likeness (QED) is 0.712. The number of ether oxygens (including phenoxy) is 1. The number of nitrogens with one attached hydrogen (secondary N) is 1. The standard InChI is InChI=1S/C11H16N2O3/c1-2-5-16-11(14)13-8-9(7-12)10-4-3-6-15-10/h2-4,6,9H,1,5,7-8,12H2,(H,13,14)/t9-/m1/s1. The molecule has 0 fully saturated rings. The molecule has 0 aliphatic heterocycles. The van der Waals surface area contributed by atoms with E-state index in [0.717, 1.165) is 5.76 Å². The smallest absolute Gasteiger partial charge is 0.407 e. The number of rotatable bonds is 6. The summed E-state index contributed by atoms with van der Waals surface area (Å²) in [4.78, 5) is 11.1. The molecule has 1 atom stereocenters. The van der Waals surface area contributed by atoms with E-state index in [-0.39, 0.29) is 12.5 Å². The van der Waals surface area contributed by atoms with Gasteiger partial charge in [0.15, 0.2) is 0 Å². The fourth-order valence-electron chi connectivity index (χ4n) is 1.22. The molecule has 16 heavy (non-hydrogen) atoms. The Morgan fingerprint density at radius 3 is 3.12 bits per heavy atom. The van der Waals surface area contributed by atoms with Gasteiger partial charge >= 0.3 is 6.09 Å². The van der Waals surface area contributed by atoms with Crippen molar-refractivity contribution in [1.82, 2.24) is 5.32 Å². The second-order valence-electron chi connectivity index (χ2n) is 3.22. The molecule has 5 nitrogen and oxygen atoms in total. The van der Waals surface area contributed by atoms with E-state index in [1.165, 1.54) is 6.08 Å². The largest absolute Gasteiger partial charge is 0.469 e. The van der Waals surface area contributed by atoms with Gasteiger partial charge in [-0.25, -0.2) is 4.79 Å². The number of carbonyl (C=O) groups is 1. The Kier molecular flexibility index (Phi) is 5.15. The minimum absolute atomic E-state index is 0.0359. The predicted octanol–water partition coefficient (Wildman–Crippen LogP) is 1.23. The van der Waals surface area contributed by atoms with Gasteiger partial charge in [0.2, 0.25) is 0 Å².